The second kappa shape index (κ2) is 11.8. The number of thiophene rings is 1. The summed E-state index contributed by atoms with van der Waals surface area (Å²) in [6, 6.07) is 11.0. The van der Waals surface area contributed by atoms with Crippen LogP contribution >= 0.6 is 35.3 Å². The zero-order chi connectivity index (χ0) is 19.9. The summed E-state index contributed by atoms with van der Waals surface area (Å²) in [4.78, 5) is 8.41. The lowest BCUT2D eigenvalue weighted by molar-refractivity contribution is 0.171. The zero-order valence-electron chi connectivity index (χ0n) is 17.4. The lowest BCUT2D eigenvalue weighted by atomic mass is 10.1. The van der Waals surface area contributed by atoms with Gasteiger partial charge in [-0.15, -0.1) is 35.3 Å². The van der Waals surface area contributed by atoms with Crippen molar-refractivity contribution in [2.45, 2.75) is 25.3 Å². The second-order valence-corrected chi connectivity index (χ2v) is 8.36. The molecule has 0 amide bonds. The van der Waals surface area contributed by atoms with Gasteiger partial charge in [-0.2, -0.15) is 0 Å². The smallest absolute Gasteiger partial charge is 0.191 e. The van der Waals surface area contributed by atoms with E-state index in [1.54, 1.807) is 0 Å². The summed E-state index contributed by atoms with van der Waals surface area (Å²) in [5, 5.41) is 9.14. The van der Waals surface area contributed by atoms with E-state index < -0.39 is 0 Å². The molecular formula is C22H31IN4O2S. The van der Waals surface area contributed by atoms with E-state index in [1.165, 1.54) is 36.4 Å². The number of fused-ring (bicyclic) bond motifs is 1. The number of hydrogen-bond donors (Lipinski definition) is 2. The Kier molecular flexibility index (Phi) is 9.07. The van der Waals surface area contributed by atoms with Crippen LogP contribution in [0.2, 0.25) is 0 Å². The summed E-state index contributed by atoms with van der Waals surface area (Å²) in [6.07, 6.45) is 3.49. The molecule has 3 heterocycles. The molecule has 2 aliphatic rings. The third-order valence-corrected chi connectivity index (χ3v) is 6.43. The Hall–Kier alpha value is -1.52. The molecular weight excluding hydrogens is 511 g/mol. The van der Waals surface area contributed by atoms with E-state index in [1.807, 2.05) is 24.5 Å². The molecule has 1 atom stereocenters. The molecule has 0 aliphatic carbocycles. The van der Waals surface area contributed by atoms with Crippen molar-refractivity contribution in [1.82, 2.24) is 15.5 Å². The van der Waals surface area contributed by atoms with Crippen molar-refractivity contribution in [2.24, 2.45) is 4.99 Å². The quantitative estimate of drug-likeness (QED) is 0.318. The fourth-order valence-corrected chi connectivity index (χ4v) is 4.79. The molecule has 1 fully saturated rings. The number of ether oxygens (including phenoxy) is 2. The predicted octanol–water partition coefficient (Wildman–Crippen LogP) is 3.68. The van der Waals surface area contributed by atoms with Crippen LogP contribution in [-0.4, -0.2) is 57.3 Å². The van der Waals surface area contributed by atoms with Crippen molar-refractivity contribution in [2.75, 3.05) is 46.4 Å². The first-order chi connectivity index (χ1) is 14.3. The first-order valence-electron chi connectivity index (χ1n) is 10.4. The minimum absolute atomic E-state index is 0. The number of nitrogens with one attached hydrogen (secondary N) is 2. The number of aliphatic imine (C=N–C) groups is 1. The summed E-state index contributed by atoms with van der Waals surface area (Å²) < 4.78 is 11.3. The average Bonchev–Trinajstić information content (AvgIpc) is 3.47. The Balaban J connectivity index is 0.00000256. The van der Waals surface area contributed by atoms with Crippen LogP contribution in [0.5, 0.6) is 11.5 Å². The van der Waals surface area contributed by atoms with Crippen LogP contribution in [0.15, 0.2) is 40.7 Å². The fraction of sp³-hybridized carbons (Fsp3) is 0.500. The Bertz CT molecular complexity index is 809. The number of halogens is 1. The number of rotatable bonds is 7. The Morgan fingerprint density at radius 2 is 1.93 bits per heavy atom. The minimum Gasteiger partial charge on any atom is -0.486 e. The van der Waals surface area contributed by atoms with Gasteiger partial charge >= 0.3 is 0 Å². The summed E-state index contributed by atoms with van der Waals surface area (Å²) in [5.74, 6) is 2.54. The summed E-state index contributed by atoms with van der Waals surface area (Å²) in [7, 11) is 1.83. The fourth-order valence-electron chi connectivity index (χ4n) is 3.93. The SMILES string of the molecule is CN=C(NCCc1ccc2c(c1)OCCO2)NCC(c1cccs1)N1CCCC1.I. The highest BCUT2D eigenvalue weighted by Gasteiger charge is 2.24. The minimum atomic E-state index is 0. The molecule has 8 heteroatoms. The highest BCUT2D eigenvalue weighted by atomic mass is 127. The van der Waals surface area contributed by atoms with E-state index in [0.717, 1.165) is 37.0 Å². The van der Waals surface area contributed by atoms with Gasteiger partial charge in [0, 0.05) is 25.0 Å². The van der Waals surface area contributed by atoms with E-state index in [9.17, 15) is 0 Å². The Morgan fingerprint density at radius 3 is 2.67 bits per heavy atom. The predicted molar refractivity (Wildman–Crippen MR) is 134 cm³/mol. The van der Waals surface area contributed by atoms with Gasteiger partial charge in [-0.05, 0) is 61.5 Å². The number of guanidine groups is 1. The van der Waals surface area contributed by atoms with Gasteiger partial charge in [-0.3, -0.25) is 9.89 Å². The molecule has 164 valence electrons. The molecule has 30 heavy (non-hydrogen) atoms. The maximum Gasteiger partial charge on any atom is 0.191 e. The molecule has 2 N–H and O–H groups in total. The normalized spacial score (nSPS) is 17.3. The largest absolute Gasteiger partial charge is 0.486 e. The molecule has 0 radical (unpaired) electrons. The average molecular weight is 542 g/mol. The summed E-state index contributed by atoms with van der Waals surface area (Å²) in [5.41, 5.74) is 1.23. The molecule has 0 saturated carbocycles. The lowest BCUT2D eigenvalue weighted by Gasteiger charge is -2.27. The monoisotopic (exact) mass is 542 g/mol. The van der Waals surface area contributed by atoms with Gasteiger partial charge in [-0.25, -0.2) is 0 Å². The Labute approximate surface area is 200 Å². The summed E-state index contributed by atoms with van der Waals surface area (Å²) in [6.45, 7) is 5.28. The number of likely N-dealkylation sites (tertiary alicyclic amines) is 1. The van der Waals surface area contributed by atoms with E-state index in [2.05, 4.69) is 50.2 Å². The number of benzene rings is 1. The molecule has 1 saturated heterocycles. The molecule has 6 nitrogen and oxygen atoms in total. The van der Waals surface area contributed by atoms with Crippen LogP contribution < -0.4 is 20.1 Å². The first-order valence-corrected chi connectivity index (χ1v) is 11.3. The van der Waals surface area contributed by atoms with Gasteiger partial charge in [0.05, 0.1) is 6.04 Å². The third kappa shape index (κ3) is 6.01. The zero-order valence-corrected chi connectivity index (χ0v) is 20.6. The first kappa shape index (κ1) is 23.1. The number of nitrogens with zero attached hydrogens (tertiary/aromatic N) is 2. The van der Waals surface area contributed by atoms with Gasteiger partial charge in [0.1, 0.15) is 13.2 Å². The Morgan fingerprint density at radius 1 is 1.13 bits per heavy atom. The van der Waals surface area contributed by atoms with E-state index >= 15 is 0 Å². The lowest BCUT2D eigenvalue weighted by Crippen LogP contribution is -2.43. The van der Waals surface area contributed by atoms with Crippen molar-refractivity contribution in [3.63, 3.8) is 0 Å². The third-order valence-electron chi connectivity index (χ3n) is 5.45. The highest BCUT2D eigenvalue weighted by molar-refractivity contribution is 14.0. The second-order valence-electron chi connectivity index (χ2n) is 7.38. The maximum atomic E-state index is 5.68. The molecule has 1 unspecified atom stereocenters. The molecule has 2 aliphatic heterocycles. The standard InChI is InChI=1S/C22H30N4O2S.HI/c1-23-22(24-9-8-17-6-7-19-20(15-17)28-13-12-27-19)25-16-18(21-5-4-14-29-21)26-10-2-3-11-26;/h4-7,14-15,18H,2-3,8-13,16H2,1H3,(H2,23,24,25);1H. The van der Waals surface area contributed by atoms with Crippen molar-refractivity contribution in [3.05, 3.63) is 46.2 Å². The van der Waals surface area contributed by atoms with Crippen molar-refractivity contribution in [3.8, 4) is 11.5 Å². The van der Waals surface area contributed by atoms with Gasteiger partial charge < -0.3 is 20.1 Å². The van der Waals surface area contributed by atoms with Crippen molar-refractivity contribution < 1.29 is 9.47 Å². The molecule has 2 aromatic rings. The topological polar surface area (TPSA) is 58.1 Å². The van der Waals surface area contributed by atoms with Crippen LogP contribution in [0.25, 0.3) is 0 Å². The van der Waals surface area contributed by atoms with Gasteiger partial charge in [-0.1, -0.05) is 12.1 Å². The maximum absolute atomic E-state index is 5.68. The molecule has 0 spiro atoms. The van der Waals surface area contributed by atoms with Gasteiger partial charge in [0.25, 0.3) is 0 Å². The van der Waals surface area contributed by atoms with Crippen LogP contribution in [0.1, 0.15) is 29.3 Å². The van der Waals surface area contributed by atoms with Crippen LogP contribution in [-0.2, 0) is 6.42 Å². The van der Waals surface area contributed by atoms with Gasteiger partial charge in [0.15, 0.2) is 17.5 Å². The van der Waals surface area contributed by atoms with Crippen molar-refractivity contribution >= 4 is 41.3 Å². The van der Waals surface area contributed by atoms with Crippen LogP contribution in [0.3, 0.4) is 0 Å². The molecule has 0 bridgehead atoms. The van der Waals surface area contributed by atoms with Crippen LogP contribution in [0.4, 0.5) is 0 Å². The highest BCUT2D eigenvalue weighted by Crippen LogP contribution is 2.31. The van der Waals surface area contributed by atoms with Gasteiger partial charge in [0.2, 0.25) is 0 Å². The molecule has 4 rings (SSSR count). The van der Waals surface area contributed by atoms with Crippen molar-refractivity contribution in [1.29, 1.82) is 0 Å². The van der Waals surface area contributed by atoms with E-state index in [4.69, 9.17) is 9.47 Å². The molecule has 1 aromatic carbocycles. The number of hydrogen-bond acceptors (Lipinski definition) is 5. The van der Waals surface area contributed by atoms with Crippen LogP contribution in [0, 0.1) is 0 Å². The molecule has 1 aromatic heterocycles. The van der Waals surface area contributed by atoms with E-state index in [0.29, 0.717) is 19.3 Å². The van der Waals surface area contributed by atoms with E-state index in [-0.39, 0.29) is 24.0 Å². The summed E-state index contributed by atoms with van der Waals surface area (Å²) >= 11 is 1.84.